The quantitative estimate of drug-likeness (QED) is 0.857. The number of likely N-dealkylation sites (tertiary alicyclic amines) is 1. The second kappa shape index (κ2) is 5.94. The van der Waals surface area contributed by atoms with Crippen molar-refractivity contribution in [2.75, 3.05) is 6.54 Å². The normalized spacial score (nSPS) is 26.0. The Morgan fingerprint density at radius 2 is 1.95 bits per heavy atom. The molecular formula is C16H20N2O4. The fourth-order valence-corrected chi connectivity index (χ4v) is 3.43. The van der Waals surface area contributed by atoms with E-state index in [4.69, 9.17) is 4.42 Å². The lowest BCUT2D eigenvalue weighted by atomic mass is 9.81. The highest BCUT2D eigenvalue weighted by Gasteiger charge is 2.48. The summed E-state index contributed by atoms with van der Waals surface area (Å²) in [5.41, 5.74) is 0. The fraction of sp³-hybridized carbons (Fsp3) is 0.562. The third kappa shape index (κ3) is 2.65. The van der Waals surface area contributed by atoms with Crippen LogP contribution in [0.4, 0.5) is 0 Å². The van der Waals surface area contributed by atoms with Crippen LogP contribution in [0.5, 0.6) is 0 Å². The molecule has 6 heteroatoms. The average Bonchev–Trinajstić information content (AvgIpc) is 3.12. The molecule has 0 radical (unpaired) electrons. The van der Waals surface area contributed by atoms with Crippen molar-refractivity contribution >= 4 is 17.7 Å². The van der Waals surface area contributed by atoms with Crippen molar-refractivity contribution in [2.24, 2.45) is 11.8 Å². The van der Waals surface area contributed by atoms with Gasteiger partial charge in [0.15, 0.2) is 0 Å². The topological polar surface area (TPSA) is 79.6 Å². The minimum absolute atomic E-state index is 0.185. The molecule has 3 atom stereocenters. The zero-order valence-corrected chi connectivity index (χ0v) is 12.6. The Balaban J connectivity index is 1.61. The van der Waals surface area contributed by atoms with Crippen molar-refractivity contribution in [1.29, 1.82) is 0 Å². The number of imide groups is 1. The van der Waals surface area contributed by atoms with Gasteiger partial charge in [0.05, 0.1) is 24.1 Å². The van der Waals surface area contributed by atoms with Gasteiger partial charge < -0.3 is 9.73 Å². The van der Waals surface area contributed by atoms with E-state index in [0.717, 1.165) is 30.6 Å². The Kier molecular flexibility index (Phi) is 4.00. The number of furan rings is 1. The Labute approximate surface area is 128 Å². The summed E-state index contributed by atoms with van der Waals surface area (Å²) in [4.78, 5) is 37.8. The highest BCUT2D eigenvalue weighted by molar-refractivity contribution is 6.07. The number of amides is 3. The second-order valence-electron chi connectivity index (χ2n) is 6.06. The van der Waals surface area contributed by atoms with Gasteiger partial charge in [-0.15, -0.1) is 0 Å². The van der Waals surface area contributed by atoms with E-state index in [1.54, 1.807) is 19.1 Å². The van der Waals surface area contributed by atoms with Crippen molar-refractivity contribution in [1.82, 2.24) is 10.2 Å². The van der Waals surface area contributed by atoms with Gasteiger partial charge in [-0.2, -0.15) is 0 Å². The molecule has 1 aromatic heterocycles. The summed E-state index contributed by atoms with van der Waals surface area (Å²) in [6.45, 7) is 1.60. The second-order valence-corrected chi connectivity index (χ2v) is 6.06. The molecule has 0 spiro atoms. The van der Waals surface area contributed by atoms with Crippen LogP contribution in [0.1, 0.15) is 44.4 Å². The summed E-state index contributed by atoms with van der Waals surface area (Å²) >= 11 is 0. The molecule has 2 aliphatic rings. The Morgan fingerprint density at radius 3 is 2.50 bits per heavy atom. The van der Waals surface area contributed by atoms with Crippen LogP contribution in [0.2, 0.25) is 0 Å². The first kappa shape index (κ1) is 14.8. The summed E-state index contributed by atoms with van der Waals surface area (Å²) in [6.07, 6.45) is 5.02. The molecule has 0 aromatic carbocycles. The summed E-state index contributed by atoms with van der Waals surface area (Å²) in [5, 5.41) is 2.75. The van der Waals surface area contributed by atoms with Gasteiger partial charge >= 0.3 is 0 Å². The maximum Gasteiger partial charge on any atom is 0.240 e. The summed E-state index contributed by atoms with van der Waals surface area (Å²) in [5.74, 6) is -0.496. The molecular weight excluding hydrogens is 284 g/mol. The number of nitrogens with one attached hydrogen (secondary N) is 1. The molecule has 6 nitrogen and oxygen atoms in total. The molecule has 3 rings (SSSR count). The lowest BCUT2D eigenvalue weighted by Gasteiger charge is -2.19. The van der Waals surface area contributed by atoms with Gasteiger partial charge in [-0.3, -0.25) is 19.3 Å². The van der Waals surface area contributed by atoms with Gasteiger partial charge in [0, 0.05) is 0 Å². The van der Waals surface area contributed by atoms with E-state index in [1.807, 2.05) is 0 Å². The molecule has 1 aliphatic heterocycles. The standard InChI is InChI=1S/C16H20N2O4/c1-10(13-7-4-8-22-13)17-14(19)9-18-15(20)11-5-2-3-6-12(11)16(18)21/h4,7-8,10-12H,2-3,5-6,9H2,1H3,(H,17,19)/t10-,11-,12-/m0/s1. The number of fused-ring (bicyclic) bond motifs is 1. The molecule has 2 fully saturated rings. The first-order chi connectivity index (χ1) is 10.6. The first-order valence-electron chi connectivity index (χ1n) is 7.76. The smallest absolute Gasteiger partial charge is 0.240 e. The van der Waals surface area contributed by atoms with Crippen LogP contribution >= 0.6 is 0 Å². The molecule has 1 aliphatic carbocycles. The molecule has 2 heterocycles. The average molecular weight is 304 g/mol. The summed E-state index contributed by atoms with van der Waals surface area (Å²) < 4.78 is 5.22. The van der Waals surface area contributed by atoms with Crippen LogP contribution in [0.3, 0.4) is 0 Å². The number of rotatable bonds is 4. The van der Waals surface area contributed by atoms with E-state index in [-0.39, 0.29) is 42.1 Å². The van der Waals surface area contributed by atoms with Crippen LogP contribution in [0, 0.1) is 11.8 Å². The summed E-state index contributed by atoms with van der Waals surface area (Å²) in [6, 6.07) is 3.22. The lowest BCUT2D eigenvalue weighted by molar-refractivity contribution is -0.143. The van der Waals surface area contributed by atoms with Crippen LogP contribution in [-0.4, -0.2) is 29.2 Å². The van der Waals surface area contributed by atoms with Gasteiger partial charge in [0.25, 0.3) is 0 Å². The zero-order chi connectivity index (χ0) is 15.7. The predicted octanol–water partition coefficient (Wildman–Crippen LogP) is 1.63. The van der Waals surface area contributed by atoms with Crippen molar-refractivity contribution in [3.05, 3.63) is 24.2 Å². The Hall–Kier alpha value is -2.11. The van der Waals surface area contributed by atoms with Crippen molar-refractivity contribution < 1.29 is 18.8 Å². The van der Waals surface area contributed by atoms with Gasteiger partial charge in [0.1, 0.15) is 12.3 Å². The minimum Gasteiger partial charge on any atom is -0.467 e. The Morgan fingerprint density at radius 1 is 1.32 bits per heavy atom. The van der Waals surface area contributed by atoms with Gasteiger partial charge in [-0.1, -0.05) is 12.8 Å². The maximum absolute atomic E-state index is 12.3. The third-order valence-corrected chi connectivity index (χ3v) is 4.58. The maximum atomic E-state index is 12.3. The zero-order valence-electron chi connectivity index (χ0n) is 12.6. The first-order valence-corrected chi connectivity index (χ1v) is 7.76. The van der Waals surface area contributed by atoms with Gasteiger partial charge in [0.2, 0.25) is 17.7 Å². The van der Waals surface area contributed by atoms with Crippen LogP contribution < -0.4 is 5.32 Å². The minimum atomic E-state index is -0.343. The number of carbonyl (C=O) groups is 3. The predicted molar refractivity (Wildman–Crippen MR) is 77.4 cm³/mol. The number of hydrogen-bond acceptors (Lipinski definition) is 4. The van der Waals surface area contributed by atoms with Crippen LogP contribution in [0.25, 0.3) is 0 Å². The van der Waals surface area contributed by atoms with Crippen molar-refractivity contribution in [2.45, 2.75) is 38.6 Å². The highest BCUT2D eigenvalue weighted by Crippen LogP contribution is 2.37. The van der Waals surface area contributed by atoms with Crippen molar-refractivity contribution in [3.8, 4) is 0 Å². The monoisotopic (exact) mass is 304 g/mol. The van der Waals surface area contributed by atoms with E-state index in [2.05, 4.69) is 5.32 Å². The lowest BCUT2D eigenvalue weighted by Crippen LogP contribution is -2.41. The molecule has 1 N–H and O–H groups in total. The molecule has 118 valence electrons. The van der Waals surface area contributed by atoms with E-state index < -0.39 is 0 Å². The van der Waals surface area contributed by atoms with E-state index in [1.165, 1.54) is 6.26 Å². The largest absolute Gasteiger partial charge is 0.467 e. The fourth-order valence-electron chi connectivity index (χ4n) is 3.43. The van der Waals surface area contributed by atoms with Crippen molar-refractivity contribution in [3.63, 3.8) is 0 Å². The SMILES string of the molecule is C[C@H](NC(=O)CN1C(=O)[C@H]2CCCC[C@@H]2C1=O)c1ccco1. The Bertz CT molecular complexity index is 557. The van der Waals surface area contributed by atoms with E-state index >= 15 is 0 Å². The van der Waals surface area contributed by atoms with Crippen LogP contribution in [-0.2, 0) is 14.4 Å². The highest BCUT2D eigenvalue weighted by atomic mass is 16.3. The molecule has 22 heavy (non-hydrogen) atoms. The number of hydrogen-bond donors (Lipinski definition) is 1. The molecule has 1 aromatic rings. The molecule has 1 saturated heterocycles. The molecule has 0 bridgehead atoms. The summed E-state index contributed by atoms with van der Waals surface area (Å²) in [7, 11) is 0. The number of nitrogens with zero attached hydrogens (tertiary/aromatic N) is 1. The van der Waals surface area contributed by atoms with Crippen LogP contribution in [0.15, 0.2) is 22.8 Å². The van der Waals surface area contributed by atoms with E-state index in [0.29, 0.717) is 5.76 Å². The van der Waals surface area contributed by atoms with E-state index in [9.17, 15) is 14.4 Å². The van der Waals surface area contributed by atoms with Gasteiger partial charge in [-0.05, 0) is 31.9 Å². The third-order valence-electron chi connectivity index (χ3n) is 4.58. The molecule has 3 amide bonds. The molecule has 0 unspecified atom stereocenters. The van der Waals surface area contributed by atoms with Gasteiger partial charge in [-0.25, -0.2) is 0 Å². The molecule has 1 saturated carbocycles. The number of carbonyl (C=O) groups excluding carboxylic acids is 3.